The average Bonchev–Trinajstić information content (AvgIpc) is 2.80. The van der Waals surface area contributed by atoms with Gasteiger partial charge in [0, 0.05) is 20.0 Å². The first-order valence-corrected chi connectivity index (χ1v) is 12.3. The van der Waals surface area contributed by atoms with Crippen molar-refractivity contribution in [3.05, 3.63) is 65.2 Å². The molecule has 36 heavy (non-hydrogen) atoms. The first-order valence-electron chi connectivity index (χ1n) is 12.3. The van der Waals surface area contributed by atoms with Crippen LogP contribution in [0.1, 0.15) is 63.3 Å². The summed E-state index contributed by atoms with van der Waals surface area (Å²) in [5.41, 5.74) is 1.58. The smallest absolute Gasteiger partial charge is 0.408 e. The normalized spacial score (nSPS) is 12.8. The molecule has 0 aromatic heterocycles. The lowest BCUT2D eigenvalue weighted by atomic mass is 9.97. The third kappa shape index (κ3) is 8.59. The van der Waals surface area contributed by atoms with Gasteiger partial charge in [0.15, 0.2) is 0 Å². The van der Waals surface area contributed by atoms with Crippen molar-refractivity contribution in [1.29, 1.82) is 0 Å². The van der Waals surface area contributed by atoms with Crippen LogP contribution in [0, 0.1) is 6.92 Å². The van der Waals surface area contributed by atoms with Gasteiger partial charge in [-0.05, 0) is 62.9 Å². The van der Waals surface area contributed by atoms with Crippen molar-refractivity contribution in [3.63, 3.8) is 0 Å². The average molecular weight is 498 g/mol. The molecule has 0 aliphatic rings. The minimum Gasteiger partial charge on any atom is -0.508 e. The molecule has 3 amide bonds. The number of phenols is 1. The number of hydrogen-bond acceptors (Lipinski definition) is 5. The van der Waals surface area contributed by atoms with E-state index in [2.05, 4.69) is 10.6 Å². The number of unbranched alkanes of at least 4 members (excludes halogenated alkanes) is 1. The molecule has 0 saturated carbocycles. The summed E-state index contributed by atoms with van der Waals surface area (Å²) < 4.78 is 5.39. The van der Waals surface area contributed by atoms with Crippen LogP contribution in [0.4, 0.5) is 4.79 Å². The molecule has 0 fully saturated rings. The number of alkyl carbamates (subject to hydrolysis) is 1. The molecule has 8 heteroatoms. The highest BCUT2D eigenvalue weighted by molar-refractivity contribution is 5.92. The lowest BCUT2D eigenvalue weighted by molar-refractivity contribution is -0.140. The predicted molar refractivity (Wildman–Crippen MR) is 140 cm³/mol. The quantitative estimate of drug-likeness (QED) is 0.425. The predicted octanol–water partition coefficient (Wildman–Crippen LogP) is 4.25. The van der Waals surface area contributed by atoms with Gasteiger partial charge in [0.25, 0.3) is 0 Å². The minimum atomic E-state index is -0.996. The van der Waals surface area contributed by atoms with Crippen LogP contribution in [0.15, 0.2) is 48.5 Å². The van der Waals surface area contributed by atoms with E-state index in [0.717, 1.165) is 24.0 Å². The number of aromatic hydroxyl groups is 1. The molecule has 2 atom stereocenters. The number of rotatable bonds is 10. The van der Waals surface area contributed by atoms with Crippen molar-refractivity contribution >= 4 is 17.9 Å². The Morgan fingerprint density at radius 2 is 1.69 bits per heavy atom. The molecular formula is C28H39N3O5. The molecule has 0 heterocycles. The molecular weight excluding hydrogens is 458 g/mol. The van der Waals surface area contributed by atoms with E-state index in [1.165, 1.54) is 17.0 Å². The summed E-state index contributed by atoms with van der Waals surface area (Å²) in [5.74, 6) is -0.621. The van der Waals surface area contributed by atoms with Crippen LogP contribution in [0.25, 0.3) is 0 Å². The van der Waals surface area contributed by atoms with E-state index in [-0.39, 0.29) is 18.1 Å². The van der Waals surface area contributed by atoms with Gasteiger partial charge in [-0.25, -0.2) is 4.79 Å². The van der Waals surface area contributed by atoms with E-state index in [9.17, 15) is 19.5 Å². The van der Waals surface area contributed by atoms with Crippen molar-refractivity contribution in [2.45, 2.75) is 71.6 Å². The Bertz CT molecular complexity index is 1030. The van der Waals surface area contributed by atoms with Gasteiger partial charge in [-0.1, -0.05) is 49.7 Å². The van der Waals surface area contributed by atoms with E-state index in [1.807, 2.05) is 38.1 Å². The van der Waals surface area contributed by atoms with Gasteiger partial charge in [-0.2, -0.15) is 0 Å². The Kier molecular flexibility index (Phi) is 10.3. The Labute approximate surface area is 214 Å². The second-order valence-electron chi connectivity index (χ2n) is 9.92. The first kappa shape index (κ1) is 28.7. The molecule has 0 spiro atoms. The van der Waals surface area contributed by atoms with Gasteiger partial charge in [0.2, 0.25) is 11.8 Å². The van der Waals surface area contributed by atoms with Crippen LogP contribution >= 0.6 is 0 Å². The van der Waals surface area contributed by atoms with E-state index in [1.54, 1.807) is 40.0 Å². The van der Waals surface area contributed by atoms with Gasteiger partial charge < -0.3 is 25.4 Å². The Morgan fingerprint density at radius 3 is 2.28 bits per heavy atom. The number of benzene rings is 2. The highest BCUT2D eigenvalue weighted by Gasteiger charge is 2.34. The molecule has 2 aromatic rings. The molecule has 0 saturated heterocycles. The highest BCUT2D eigenvalue weighted by Crippen LogP contribution is 2.25. The van der Waals surface area contributed by atoms with Crippen LogP contribution < -0.4 is 10.6 Å². The first-order chi connectivity index (χ1) is 16.9. The largest absolute Gasteiger partial charge is 0.508 e. The summed E-state index contributed by atoms with van der Waals surface area (Å²) in [5, 5.41) is 15.2. The fraction of sp³-hybridized carbons (Fsp3) is 0.464. The zero-order valence-corrected chi connectivity index (χ0v) is 22.1. The summed E-state index contributed by atoms with van der Waals surface area (Å²) in [7, 11) is 1.57. The summed E-state index contributed by atoms with van der Waals surface area (Å²) in [6.45, 7) is 9.66. The number of carbonyl (C=O) groups is 3. The van der Waals surface area contributed by atoms with E-state index in [4.69, 9.17) is 4.74 Å². The Hall–Kier alpha value is -3.55. The summed E-state index contributed by atoms with van der Waals surface area (Å²) >= 11 is 0. The van der Waals surface area contributed by atoms with Crippen molar-refractivity contribution < 1.29 is 24.2 Å². The molecule has 0 bridgehead atoms. The second-order valence-corrected chi connectivity index (χ2v) is 9.92. The monoisotopic (exact) mass is 497 g/mol. The number of nitrogens with zero attached hydrogens (tertiary/aromatic N) is 1. The van der Waals surface area contributed by atoms with Crippen LogP contribution in [-0.2, 0) is 20.7 Å². The number of carbonyl (C=O) groups excluding carboxylic acids is 3. The molecule has 2 aromatic carbocycles. The third-order valence-corrected chi connectivity index (χ3v) is 5.66. The van der Waals surface area contributed by atoms with Crippen LogP contribution in [0.2, 0.25) is 0 Å². The molecule has 0 radical (unpaired) electrons. The number of ether oxygens (including phenoxy) is 1. The van der Waals surface area contributed by atoms with Crippen molar-refractivity contribution in [2.75, 3.05) is 13.6 Å². The van der Waals surface area contributed by atoms with Gasteiger partial charge >= 0.3 is 6.09 Å². The van der Waals surface area contributed by atoms with E-state index >= 15 is 0 Å². The number of hydrogen-bond donors (Lipinski definition) is 3. The molecule has 3 N–H and O–H groups in total. The number of amides is 3. The highest BCUT2D eigenvalue weighted by atomic mass is 16.6. The third-order valence-electron chi connectivity index (χ3n) is 5.66. The summed E-state index contributed by atoms with van der Waals surface area (Å²) in [6.07, 6.45) is 1.18. The summed E-state index contributed by atoms with van der Waals surface area (Å²) in [6, 6.07) is 12.0. The topological polar surface area (TPSA) is 108 Å². The number of phenolic OH excluding ortho intramolecular Hbond substituents is 1. The Balaban J connectivity index is 2.39. The van der Waals surface area contributed by atoms with Crippen molar-refractivity contribution in [2.24, 2.45) is 0 Å². The summed E-state index contributed by atoms with van der Waals surface area (Å²) in [4.78, 5) is 41.1. The maximum absolute atomic E-state index is 13.8. The number of nitrogens with one attached hydrogen (secondary N) is 2. The standard InChI is InChI=1S/C28H39N3O5/c1-7-8-17-29-25(33)24(22-12-10-9-11-19(22)2)31(6)26(34)23(30-27(35)36-28(3,4)5)18-20-13-15-21(32)16-14-20/h9-16,23-24,32H,7-8,17-18H2,1-6H3,(H,29,33)(H,30,35). The molecule has 196 valence electrons. The van der Waals surface area contributed by atoms with Crippen molar-refractivity contribution in [1.82, 2.24) is 15.5 Å². The molecule has 2 unspecified atom stereocenters. The molecule has 2 rings (SSSR count). The Morgan fingerprint density at radius 1 is 1.06 bits per heavy atom. The molecule has 0 aliphatic carbocycles. The number of aryl methyl sites for hydroxylation is 1. The maximum atomic E-state index is 13.8. The fourth-order valence-electron chi connectivity index (χ4n) is 3.80. The van der Waals surface area contributed by atoms with Crippen LogP contribution in [-0.4, -0.2) is 53.1 Å². The van der Waals surface area contributed by atoms with E-state index in [0.29, 0.717) is 12.1 Å². The van der Waals surface area contributed by atoms with Gasteiger partial charge in [0.1, 0.15) is 23.4 Å². The molecule has 8 nitrogen and oxygen atoms in total. The van der Waals surface area contributed by atoms with Gasteiger partial charge in [-0.15, -0.1) is 0 Å². The lowest BCUT2D eigenvalue weighted by Crippen LogP contribution is -2.52. The van der Waals surface area contributed by atoms with Crippen LogP contribution in [0.5, 0.6) is 5.75 Å². The van der Waals surface area contributed by atoms with Gasteiger partial charge in [0.05, 0.1) is 0 Å². The zero-order chi connectivity index (χ0) is 26.9. The van der Waals surface area contributed by atoms with Gasteiger partial charge in [-0.3, -0.25) is 9.59 Å². The number of likely N-dealkylation sites (N-methyl/N-ethyl adjacent to an activating group) is 1. The second kappa shape index (κ2) is 13.0. The minimum absolute atomic E-state index is 0.0993. The molecule has 0 aliphatic heterocycles. The van der Waals surface area contributed by atoms with Crippen LogP contribution in [0.3, 0.4) is 0 Å². The van der Waals surface area contributed by atoms with E-state index < -0.39 is 29.7 Å². The lowest BCUT2D eigenvalue weighted by Gasteiger charge is -2.32. The zero-order valence-electron chi connectivity index (χ0n) is 22.1. The SMILES string of the molecule is CCCCNC(=O)C(c1ccccc1C)N(C)C(=O)C(Cc1ccc(O)cc1)NC(=O)OC(C)(C)C. The maximum Gasteiger partial charge on any atom is 0.408 e. The van der Waals surface area contributed by atoms with Crippen molar-refractivity contribution in [3.8, 4) is 5.75 Å². The fourth-order valence-corrected chi connectivity index (χ4v) is 3.80.